The highest BCUT2D eigenvalue weighted by molar-refractivity contribution is 6.15. The average Bonchev–Trinajstić information content (AvgIpc) is 3.72. The molecule has 0 saturated carbocycles. The van der Waals surface area contributed by atoms with Crippen LogP contribution in [0.15, 0.2) is 199 Å². The maximum Gasteiger partial charge on any atom is 0.128 e. The summed E-state index contributed by atoms with van der Waals surface area (Å²) in [6.45, 7) is 6.85. The van der Waals surface area contributed by atoms with Crippen LogP contribution in [0.2, 0.25) is 0 Å². The number of aryl methyl sites for hydroxylation is 1. The fourth-order valence-corrected chi connectivity index (χ4v) is 10.0. The van der Waals surface area contributed by atoms with Crippen LogP contribution < -0.4 is 4.74 Å². The summed E-state index contributed by atoms with van der Waals surface area (Å²) in [5, 5.41) is 2.52. The molecule has 0 fully saturated rings. The molecular weight excluding hydrogens is 739 g/mol. The molecule has 4 unspecified atom stereocenters. The first-order chi connectivity index (χ1) is 30.0. The molecule has 294 valence electrons. The van der Waals surface area contributed by atoms with Crippen molar-refractivity contribution in [1.82, 2.24) is 0 Å². The van der Waals surface area contributed by atoms with Gasteiger partial charge in [0.25, 0.3) is 0 Å². The molecule has 0 amide bonds. The zero-order valence-electron chi connectivity index (χ0n) is 34.8. The third-order valence-electron chi connectivity index (χ3n) is 13.4. The number of benzene rings is 8. The van der Waals surface area contributed by atoms with E-state index in [1.54, 1.807) is 0 Å². The third kappa shape index (κ3) is 6.46. The van der Waals surface area contributed by atoms with Crippen molar-refractivity contribution < 1.29 is 4.74 Å². The summed E-state index contributed by atoms with van der Waals surface area (Å²) in [6, 6.07) is 64.5. The minimum Gasteiger partial charge on any atom is -0.485 e. The molecule has 4 atom stereocenters. The molecule has 0 N–H and O–H groups in total. The predicted molar refractivity (Wildman–Crippen MR) is 255 cm³/mol. The number of fused-ring (bicyclic) bond motifs is 4. The smallest absolute Gasteiger partial charge is 0.128 e. The van der Waals surface area contributed by atoms with Crippen LogP contribution in [0.5, 0.6) is 5.75 Å². The third-order valence-corrected chi connectivity index (χ3v) is 13.4. The highest BCUT2D eigenvalue weighted by Crippen LogP contribution is 2.57. The van der Waals surface area contributed by atoms with Gasteiger partial charge >= 0.3 is 0 Å². The normalized spacial score (nSPS) is 17.0. The Bertz CT molecular complexity index is 3090. The van der Waals surface area contributed by atoms with Gasteiger partial charge in [-0.25, -0.2) is 0 Å². The molecule has 0 bridgehead atoms. The van der Waals surface area contributed by atoms with Crippen molar-refractivity contribution in [3.8, 4) is 50.3 Å². The Morgan fingerprint density at radius 1 is 0.607 bits per heavy atom. The lowest BCUT2D eigenvalue weighted by Crippen LogP contribution is -2.21. The molecule has 11 rings (SSSR count). The van der Waals surface area contributed by atoms with Crippen molar-refractivity contribution in [1.29, 1.82) is 0 Å². The van der Waals surface area contributed by atoms with E-state index >= 15 is 0 Å². The van der Waals surface area contributed by atoms with E-state index in [0.717, 1.165) is 23.4 Å². The molecule has 8 aromatic rings. The van der Waals surface area contributed by atoms with Gasteiger partial charge in [0, 0.05) is 16.7 Å². The fourth-order valence-electron chi connectivity index (χ4n) is 10.0. The van der Waals surface area contributed by atoms with Gasteiger partial charge in [0.2, 0.25) is 0 Å². The highest BCUT2D eigenvalue weighted by Gasteiger charge is 2.42. The second-order valence-electron chi connectivity index (χ2n) is 17.0. The molecular formula is C59H47NO. The van der Waals surface area contributed by atoms with E-state index in [2.05, 4.69) is 215 Å². The van der Waals surface area contributed by atoms with Gasteiger partial charge in [-0.1, -0.05) is 178 Å². The lowest BCUT2D eigenvalue weighted by atomic mass is 9.72. The fraction of sp³-hybridized carbons (Fsp3) is 0.136. The van der Waals surface area contributed by atoms with E-state index < -0.39 is 0 Å². The minimum atomic E-state index is -0.0230. The molecule has 2 aliphatic carbocycles. The quantitative estimate of drug-likeness (QED) is 0.134. The maximum absolute atomic E-state index is 6.42. The SMILES string of the molecule is CCC(C)C(N=C(c1ccccc1)c1ccc2ccccc2c1C)c1cccc(-c2cccc(-c3cccc(-c4ccc5c(c4)-c4cccc6c4C4C5=CC=CC4O6)c3)c2)c1. The maximum atomic E-state index is 6.42. The van der Waals surface area contributed by atoms with E-state index in [-0.39, 0.29) is 18.1 Å². The number of hydrogen-bond donors (Lipinski definition) is 0. The molecule has 3 aliphatic rings. The molecule has 0 saturated heterocycles. The largest absolute Gasteiger partial charge is 0.485 e. The van der Waals surface area contributed by atoms with Crippen LogP contribution in [-0.4, -0.2) is 11.8 Å². The first-order valence-electron chi connectivity index (χ1n) is 21.8. The van der Waals surface area contributed by atoms with E-state index in [1.807, 2.05) is 0 Å². The summed E-state index contributed by atoms with van der Waals surface area (Å²) < 4.78 is 6.42. The van der Waals surface area contributed by atoms with Gasteiger partial charge in [-0.3, -0.25) is 4.99 Å². The van der Waals surface area contributed by atoms with E-state index in [0.29, 0.717) is 5.92 Å². The van der Waals surface area contributed by atoms with Gasteiger partial charge in [-0.2, -0.15) is 0 Å². The number of hydrogen-bond acceptors (Lipinski definition) is 2. The van der Waals surface area contributed by atoms with Crippen molar-refractivity contribution in [3.63, 3.8) is 0 Å². The van der Waals surface area contributed by atoms with Crippen molar-refractivity contribution in [3.05, 3.63) is 228 Å². The second kappa shape index (κ2) is 15.2. The van der Waals surface area contributed by atoms with Gasteiger partial charge in [0.05, 0.1) is 17.7 Å². The van der Waals surface area contributed by atoms with Crippen LogP contribution in [0.1, 0.15) is 65.6 Å². The number of aliphatic imine (C=N–C) groups is 1. The van der Waals surface area contributed by atoms with Crippen LogP contribution >= 0.6 is 0 Å². The summed E-state index contributed by atoms with van der Waals surface area (Å²) in [5.74, 6) is 1.62. The zero-order valence-corrected chi connectivity index (χ0v) is 34.8. The Morgan fingerprint density at radius 3 is 2.03 bits per heavy atom. The van der Waals surface area contributed by atoms with Gasteiger partial charge in [-0.15, -0.1) is 0 Å². The summed E-state index contributed by atoms with van der Waals surface area (Å²) in [4.78, 5) is 5.73. The number of ether oxygens (including phenoxy) is 1. The Kier molecular flexibility index (Phi) is 9.23. The van der Waals surface area contributed by atoms with E-state index in [9.17, 15) is 0 Å². The molecule has 2 nitrogen and oxygen atoms in total. The van der Waals surface area contributed by atoms with Gasteiger partial charge in [-0.05, 0) is 127 Å². The summed E-state index contributed by atoms with van der Waals surface area (Å²) >= 11 is 0. The molecule has 8 aromatic carbocycles. The number of allylic oxidation sites excluding steroid dienone is 2. The monoisotopic (exact) mass is 785 g/mol. The first kappa shape index (κ1) is 37.0. The van der Waals surface area contributed by atoms with E-state index in [4.69, 9.17) is 9.73 Å². The molecule has 2 heteroatoms. The minimum absolute atomic E-state index is 0.0230. The molecule has 0 aromatic heterocycles. The number of nitrogens with zero attached hydrogens (tertiary/aromatic N) is 1. The lowest BCUT2D eigenvalue weighted by Gasteiger charge is -2.30. The Hall–Kier alpha value is -7.03. The molecule has 1 aliphatic heterocycles. The summed E-state index contributed by atoms with van der Waals surface area (Å²) in [7, 11) is 0. The summed E-state index contributed by atoms with van der Waals surface area (Å²) in [5.41, 5.74) is 19.7. The van der Waals surface area contributed by atoms with Gasteiger partial charge < -0.3 is 4.74 Å². The van der Waals surface area contributed by atoms with Crippen LogP contribution in [0.4, 0.5) is 0 Å². The van der Waals surface area contributed by atoms with Crippen molar-refractivity contribution in [2.24, 2.45) is 10.9 Å². The predicted octanol–water partition coefficient (Wildman–Crippen LogP) is 15.3. The van der Waals surface area contributed by atoms with Crippen molar-refractivity contribution in [2.45, 2.75) is 45.3 Å². The molecule has 1 heterocycles. The second-order valence-corrected chi connectivity index (χ2v) is 17.0. The Morgan fingerprint density at radius 2 is 1.28 bits per heavy atom. The molecule has 0 spiro atoms. The average molecular weight is 786 g/mol. The molecule has 61 heavy (non-hydrogen) atoms. The van der Waals surface area contributed by atoms with Gasteiger partial charge in [0.1, 0.15) is 11.9 Å². The summed E-state index contributed by atoms with van der Waals surface area (Å²) in [6.07, 6.45) is 7.73. The Labute approximate surface area is 359 Å². The van der Waals surface area contributed by atoms with Crippen molar-refractivity contribution >= 4 is 22.1 Å². The lowest BCUT2D eigenvalue weighted by molar-refractivity contribution is 0.271. The zero-order chi connectivity index (χ0) is 41.0. The van der Waals surface area contributed by atoms with Crippen LogP contribution in [-0.2, 0) is 0 Å². The van der Waals surface area contributed by atoms with E-state index in [1.165, 1.54) is 88.7 Å². The van der Waals surface area contributed by atoms with Crippen LogP contribution in [0, 0.1) is 12.8 Å². The molecule has 0 radical (unpaired) electrons. The highest BCUT2D eigenvalue weighted by atomic mass is 16.5. The standard InChI is InChI=1S/C59H47NO/c1-4-37(2)58(60-59(40-16-6-5-7-17-40)49-31-29-39-15-8-9-24-48(39)38(49)3)47-23-12-22-45(35-47)43-20-10-18-41(33-43)42-19-11-21-44(34-42)46-30-32-50-51-25-13-27-54-56(51)57-52(53(50)36-46)26-14-28-55(57)61-54/h5-37,54,56,58H,4H2,1-3H3. The van der Waals surface area contributed by atoms with Crippen molar-refractivity contribution in [2.75, 3.05) is 0 Å². The van der Waals surface area contributed by atoms with Crippen LogP contribution in [0.3, 0.4) is 0 Å². The van der Waals surface area contributed by atoms with Gasteiger partial charge in [0.15, 0.2) is 0 Å². The Balaban J connectivity index is 0.943. The first-order valence-corrected chi connectivity index (χ1v) is 21.8. The van der Waals surface area contributed by atoms with Crippen LogP contribution in [0.25, 0.3) is 60.9 Å². The topological polar surface area (TPSA) is 21.6 Å². The number of rotatable bonds is 9.